The maximum atomic E-state index is 12.9. The standard InChI is InChI=1S/C22H21N3O3/c26-14-17-12-25(13-20(17)24-21(27)16-7-2-1-3-8-16)22(28)19-11-10-15-6-4-5-9-18(15)23-19/h1-11,17,20,26H,12-14H2,(H,24,27). The Labute approximate surface area is 162 Å². The van der Waals surface area contributed by atoms with Crippen molar-refractivity contribution >= 4 is 22.7 Å². The normalized spacial score (nSPS) is 19.0. The molecule has 1 fully saturated rings. The van der Waals surface area contributed by atoms with E-state index < -0.39 is 0 Å². The highest BCUT2D eigenvalue weighted by Gasteiger charge is 2.36. The third kappa shape index (κ3) is 3.59. The van der Waals surface area contributed by atoms with E-state index in [9.17, 15) is 14.7 Å². The number of amides is 2. The predicted molar refractivity (Wildman–Crippen MR) is 106 cm³/mol. The van der Waals surface area contributed by atoms with E-state index in [1.165, 1.54) is 0 Å². The average molecular weight is 375 g/mol. The fourth-order valence-electron chi connectivity index (χ4n) is 3.57. The van der Waals surface area contributed by atoms with Gasteiger partial charge in [-0.3, -0.25) is 9.59 Å². The molecule has 0 saturated carbocycles. The number of aromatic nitrogens is 1. The zero-order chi connectivity index (χ0) is 19.5. The number of benzene rings is 2. The third-order valence-corrected chi connectivity index (χ3v) is 5.13. The number of nitrogens with one attached hydrogen (secondary N) is 1. The first-order valence-electron chi connectivity index (χ1n) is 9.27. The second-order valence-corrected chi connectivity index (χ2v) is 6.99. The number of nitrogens with zero attached hydrogens (tertiary/aromatic N) is 2. The van der Waals surface area contributed by atoms with Crippen LogP contribution in [0, 0.1) is 5.92 Å². The molecule has 2 atom stereocenters. The lowest BCUT2D eigenvalue weighted by Gasteiger charge is -2.18. The summed E-state index contributed by atoms with van der Waals surface area (Å²) >= 11 is 0. The molecule has 4 rings (SSSR count). The highest BCUT2D eigenvalue weighted by molar-refractivity contribution is 5.96. The summed E-state index contributed by atoms with van der Waals surface area (Å²) in [6, 6.07) is 19.8. The zero-order valence-corrected chi connectivity index (χ0v) is 15.3. The van der Waals surface area contributed by atoms with Crippen molar-refractivity contribution < 1.29 is 14.7 Å². The van der Waals surface area contributed by atoms with Crippen molar-refractivity contribution in [2.75, 3.05) is 19.7 Å². The number of aliphatic hydroxyl groups excluding tert-OH is 1. The molecule has 2 unspecified atom stereocenters. The number of para-hydroxylation sites is 1. The van der Waals surface area contributed by atoms with Gasteiger partial charge in [0.1, 0.15) is 5.69 Å². The predicted octanol–water partition coefficient (Wildman–Crippen LogP) is 2.10. The van der Waals surface area contributed by atoms with Crippen LogP contribution in [-0.4, -0.2) is 52.5 Å². The van der Waals surface area contributed by atoms with Crippen LogP contribution in [0.3, 0.4) is 0 Å². The molecule has 142 valence electrons. The summed E-state index contributed by atoms with van der Waals surface area (Å²) in [5.74, 6) is -0.611. The van der Waals surface area contributed by atoms with E-state index in [0.717, 1.165) is 10.9 Å². The van der Waals surface area contributed by atoms with Crippen LogP contribution in [0.4, 0.5) is 0 Å². The minimum Gasteiger partial charge on any atom is -0.396 e. The van der Waals surface area contributed by atoms with E-state index in [1.54, 1.807) is 35.2 Å². The largest absolute Gasteiger partial charge is 0.396 e. The molecule has 0 spiro atoms. The van der Waals surface area contributed by atoms with Gasteiger partial charge in [0.05, 0.1) is 11.6 Å². The first-order valence-corrected chi connectivity index (χ1v) is 9.27. The molecule has 2 aromatic carbocycles. The van der Waals surface area contributed by atoms with Crippen molar-refractivity contribution in [3.63, 3.8) is 0 Å². The summed E-state index contributed by atoms with van der Waals surface area (Å²) in [5, 5.41) is 13.6. The molecule has 0 bridgehead atoms. The Kier molecular flexibility index (Phi) is 5.04. The lowest BCUT2D eigenvalue weighted by Crippen LogP contribution is -2.42. The fraction of sp³-hybridized carbons (Fsp3) is 0.227. The summed E-state index contributed by atoms with van der Waals surface area (Å²) in [7, 11) is 0. The highest BCUT2D eigenvalue weighted by atomic mass is 16.3. The molecule has 1 aliphatic heterocycles. The van der Waals surface area contributed by atoms with Gasteiger partial charge in [-0.15, -0.1) is 0 Å². The smallest absolute Gasteiger partial charge is 0.272 e. The molecular formula is C22H21N3O3. The Hall–Kier alpha value is -3.25. The first-order chi connectivity index (χ1) is 13.7. The summed E-state index contributed by atoms with van der Waals surface area (Å²) in [6.45, 7) is 0.620. The van der Waals surface area contributed by atoms with Crippen molar-refractivity contribution in [2.24, 2.45) is 5.92 Å². The molecule has 0 aliphatic carbocycles. The van der Waals surface area contributed by atoms with Gasteiger partial charge in [0, 0.05) is 36.6 Å². The lowest BCUT2D eigenvalue weighted by atomic mass is 10.0. The fourth-order valence-corrected chi connectivity index (χ4v) is 3.57. The molecule has 2 heterocycles. The van der Waals surface area contributed by atoms with Crippen LogP contribution in [0.2, 0.25) is 0 Å². The number of carbonyl (C=O) groups excluding carboxylic acids is 2. The highest BCUT2D eigenvalue weighted by Crippen LogP contribution is 2.20. The monoisotopic (exact) mass is 375 g/mol. The number of fused-ring (bicyclic) bond motifs is 1. The van der Waals surface area contributed by atoms with E-state index in [1.807, 2.05) is 36.4 Å². The number of pyridine rings is 1. The average Bonchev–Trinajstić information content (AvgIpc) is 3.16. The van der Waals surface area contributed by atoms with Crippen molar-refractivity contribution in [2.45, 2.75) is 6.04 Å². The summed E-state index contributed by atoms with van der Waals surface area (Å²) < 4.78 is 0. The number of hydrogen-bond acceptors (Lipinski definition) is 4. The number of likely N-dealkylation sites (tertiary alicyclic amines) is 1. The second-order valence-electron chi connectivity index (χ2n) is 6.99. The Morgan fingerprint density at radius 1 is 1.00 bits per heavy atom. The summed E-state index contributed by atoms with van der Waals surface area (Å²) in [5.41, 5.74) is 1.69. The molecule has 1 aromatic heterocycles. The van der Waals surface area contributed by atoms with Crippen molar-refractivity contribution in [3.8, 4) is 0 Å². The molecule has 2 N–H and O–H groups in total. The Morgan fingerprint density at radius 3 is 2.54 bits per heavy atom. The van der Waals surface area contributed by atoms with Crippen molar-refractivity contribution in [1.29, 1.82) is 0 Å². The van der Waals surface area contributed by atoms with Gasteiger partial charge < -0.3 is 15.3 Å². The van der Waals surface area contributed by atoms with Gasteiger partial charge in [-0.2, -0.15) is 0 Å². The first kappa shape index (κ1) is 18.1. The molecule has 6 heteroatoms. The van der Waals surface area contributed by atoms with Crippen LogP contribution >= 0.6 is 0 Å². The quantitative estimate of drug-likeness (QED) is 0.732. The maximum Gasteiger partial charge on any atom is 0.272 e. The van der Waals surface area contributed by atoms with Gasteiger partial charge >= 0.3 is 0 Å². The van der Waals surface area contributed by atoms with Gasteiger partial charge in [-0.05, 0) is 24.3 Å². The molecule has 1 saturated heterocycles. The Bertz CT molecular complexity index is 1010. The molecule has 3 aromatic rings. The second kappa shape index (κ2) is 7.78. The zero-order valence-electron chi connectivity index (χ0n) is 15.3. The van der Waals surface area contributed by atoms with Gasteiger partial charge in [0.25, 0.3) is 11.8 Å². The van der Waals surface area contributed by atoms with Crippen molar-refractivity contribution in [1.82, 2.24) is 15.2 Å². The van der Waals surface area contributed by atoms with Crippen LogP contribution < -0.4 is 5.32 Å². The minimum absolute atomic E-state index is 0.103. The van der Waals surface area contributed by atoms with Gasteiger partial charge in [-0.25, -0.2) is 4.98 Å². The van der Waals surface area contributed by atoms with Crippen LogP contribution in [0.15, 0.2) is 66.7 Å². The molecule has 2 amide bonds. The summed E-state index contributed by atoms with van der Waals surface area (Å²) in [4.78, 5) is 31.5. The summed E-state index contributed by atoms with van der Waals surface area (Å²) in [6.07, 6.45) is 0. The third-order valence-electron chi connectivity index (χ3n) is 5.13. The molecular weight excluding hydrogens is 354 g/mol. The molecule has 28 heavy (non-hydrogen) atoms. The molecule has 6 nitrogen and oxygen atoms in total. The number of rotatable bonds is 4. The number of hydrogen-bond donors (Lipinski definition) is 2. The van der Waals surface area contributed by atoms with Crippen LogP contribution in [0.1, 0.15) is 20.8 Å². The van der Waals surface area contributed by atoms with Crippen LogP contribution in [0.5, 0.6) is 0 Å². The molecule has 0 radical (unpaired) electrons. The van der Waals surface area contributed by atoms with Crippen molar-refractivity contribution in [3.05, 3.63) is 78.0 Å². The lowest BCUT2D eigenvalue weighted by molar-refractivity contribution is 0.0773. The van der Waals surface area contributed by atoms with E-state index in [-0.39, 0.29) is 30.4 Å². The van der Waals surface area contributed by atoms with Gasteiger partial charge in [0.15, 0.2) is 0 Å². The molecule has 1 aliphatic rings. The topological polar surface area (TPSA) is 82.5 Å². The minimum atomic E-state index is -0.304. The Morgan fingerprint density at radius 2 is 1.75 bits per heavy atom. The SMILES string of the molecule is O=C(NC1CN(C(=O)c2ccc3ccccc3n2)CC1CO)c1ccccc1. The maximum absolute atomic E-state index is 12.9. The van der Waals surface area contributed by atoms with Crippen LogP contribution in [0.25, 0.3) is 10.9 Å². The van der Waals surface area contributed by atoms with Gasteiger partial charge in [-0.1, -0.05) is 42.5 Å². The Balaban J connectivity index is 1.49. The number of carbonyl (C=O) groups is 2. The van der Waals surface area contributed by atoms with E-state index >= 15 is 0 Å². The van der Waals surface area contributed by atoms with Crippen LogP contribution in [-0.2, 0) is 0 Å². The van der Waals surface area contributed by atoms with E-state index in [4.69, 9.17) is 0 Å². The van der Waals surface area contributed by atoms with Gasteiger partial charge in [0.2, 0.25) is 0 Å². The van der Waals surface area contributed by atoms with E-state index in [2.05, 4.69) is 10.3 Å². The van der Waals surface area contributed by atoms with E-state index in [0.29, 0.717) is 24.3 Å². The number of aliphatic hydroxyl groups is 1.